The maximum Gasteiger partial charge on any atom is 0.573 e. The van der Waals surface area contributed by atoms with Crippen molar-refractivity contribution in [3.8, 4) is 11.5 Å². The molecule has 0 radical (unpaired) electrons. The molecule has 0 aliphatic carbocycles. The molecule has 1 rings (SSSR count). The van der Waals surface area contributed by atoms with E-state index in [2.05, 4.69) is 20.7 Å². The van der Waals surface area contributed by atoms with Crippen LogP contribution in [-0.4, -0.2) is 18.3 Å². The van der Waals surface area contributed by atoms with Crippen molar-refractivity contribution in [1.29, 1.82) is 0 Å². The Kier molecular flexibility index (Phi) is 5.97. The van der Waals surface area contributed by atoms with Crippen LogP contribution in [0.4, 0.5) is 13.2 Å². The number of halogens is 4. The van der Waals surface area contributed by atoms with Crippen LogP contribution in [0.2, 0.25) is 0 Å². The molecule has 108 valence electrons. The van der Waals surface area contributed by atoms with Gasteiger partial charge in [-0.2, -0.15) is 0 Å². The van der Waals surface area contributed by atoms with Gasteiger partial charge in [0.1, 0.15) is 0 Å². The van der Waals surface area contributed by atoms with Crippen LogP contribution in [0.25, 0.3) is 0 Å². The average molecular weight is 341 g/mol. The van der Waals surface area contributed by atoms with Crippen LogP contribution < -0.4 is 9.47 Å². The van der Waals surface area contributed by atoms with E-state index in [0.29, 0.717) is 12.5 Å². The van der Waals surface area contributed by atoms with E-state index in [1.165, 1.54) is 18.2 Å². The lowest BCUT2D eigenvalue weighted by atomic mass is 9.99. The van der Waals surface area contributed by atoms with Gasteiger partial charge in [0, 0.05) is 11.2 Å². The smallest absolute Gasteiger partial charge is 0.489 e. The van der Waals surface area contributed by atoms with Crippen molar-refractivity contribution in [3.05, 3.63) is 24.3 Å². The van der Waals surface area contributed by atoms with E-state index >= 15 is 0 Å². The summed E-state index contributed by atoms with van der Waals surface area (Å²) in [6, 6.07) is 5.78. The fourth-order valence-corrected chi connectivity index (χ4v) is 2.32. The summed E-state index contributed by atoms with van der Waals surface area (Å²) in [7, 11) is 0. The highest BCUT2D eigenvalue weighted by atomic mass is 79.9. The molecular weight excluding hydrogens is 325 g/mol. The topological polar surface area (TPSA) is 18.5 Å². The van der Waals surface area contributed by atoms with Crippen molar-refractivity contribution in [2.24, 2.45) is 11.8 Å². The Bertz CT molecular complexity index is 394. The lowest BCUT2D eigenvalue weighted by Gasteiger charge is -2.20. The minimum Gasteiger partial charge on any atom is -0.489 e. The quantitative estimate of drug-likeness (QED) is 0.703. The lowest BCUT2D eigenvalue weighted by molar-refractivity contribution is -0.275. The monoisotopic (exact) mass is 340 g/mol. The molecular formula is C13H16BrF3O2. The molecule has 0 N–H and O–H groups in total. The standard InChI is InChI=1S/C13H16BrF3O2/c1-9(2)10(7-14)8-18-11-5-3-4-6-12(11)19-13(15,16)17/h3-6,9-10H,7-8H2,1-2H3. The van der Waals surface area contributed by atoms with Crippen LogP contribution in [0.3, 0.4) is 0 Å². The maximum absolute atomic E-state index is 12.2. The van der Waals surface area contributed by atoms with Crippen LogP contribution in [0, 0.1) is 11.8 Å². The number of hydrogen-bond donors (Lipinski definition) is 0. The van der Waals surface area contributed by atoms with E-state index in [1.807, 2.05) is 13.8 Å². The number of ether oxygens (including phenoxy) is 2. The Hall–Kier alpha value is -0.910. The third-order valence-corrected chi connectivity index (χ3v) is 3.50. The van der Waals surface area contributed by atoms with E-state index in [4.69, 9.17) is 4.74 Å². The molecule has 1 unspecified atom stereocenters. The molecule has 0 spiro atoms. The summed E-state index contributed by atoms with van der Waals surface area (Å²) in [6.45, 7) is 4.40. The predicted molar refractivity (Wildman–Crippen MR) is 70.7 cm³/mol. The van der Waals surface area contributed by atoms with E-state index in [1.54, 1.807) is 6.07 Å². The molecule has 0 aromatic heterocycles. The van der Waals surface area contributed by atoms with Gasteiger partial charge in [-0.15, -0.1) is 13.2 Å². The van der Waals surface area contributed by atoms with Gasteiger partial charge in [0.25, 0.3) is 0 Å². The predicted octanol–water partition coefficient (Wildman–Crippen LogP) is 4.63. The van der Waals surface area contributed by atoms with Gasteiger partial charge in [-0.05, 0) is 18.1 Å². The summed E-state index contributed by atoms with van der Waals surface area (Å²) < 4.78 is 46.1. The van der Waals surface area contributed by atoms with Gasteiger partial charge < -0.3 is 9.47 Å². The van der Waals surface area contributed by atoms with Crippen molar-refractivity contribution < 1.29 is 22.6 Å². The molecule has 6 heteroatoms. The third-order valence-electron chi connectivity index (χ3n) is 2.67. The molecule has 1 aromatic carbocycles. The highest BCUT2D eigenvalue weighted by Crippen LogP contribution is 2.32. The zero-order valence-electron chi connectivity index (χ0n) is 10.7. The van der Waals surface area contributed by atoms with Crippen LogP contribution in [0.1, 0.15) is 13.8 Å². The molecule has 19 heavy (non-hydrogen) atoms. The molecule has 2 nitrogen and oxygen atoms in total. The first-order chi connectivity index (χ1) is 8.83. The Morgan fingerprint density at radius 1 is 1.16 bits per heavy atom. The molecule has 1 atom stereocenters. The molecule has 0 bridgehead atoms. The Labute approximate surface area is 119 Å². The third kappa shape index (κ3) is 5.72. The minimum atomic E-state index is -4.72. The fourth-order valence-electron chi connectivity index (χ4n) is 1.39. The highest BCUT2D eigenvalue weighted by Gasteiger charge is 2.32. The summed E-state index contributed by atoms with van der Waals surface area (Å²) in [5, 5.41) is 0.729. The molecule has 0 fully saturated rings. The van der Waals surface area contributed by atoms with Crippen molar-refractivity contribution in [1.82, 2.24) is 0 Å². The van der Waals surface area contributed by atoms with E-state index in [9.17, 15) is 13.2 Å². The van der Waals surface area contributed by atoms with Crippen LogP contribution >= 0.6 is 15.9 Å². The Balaban J connectivity index is 2.73. The van der Waals surface area contributed by atoms with E-state index < -0.39 is 6.36 Å². The second-order valence-corrected chi connectivity index (χ2v) is 5.11. The number of alkyl halides is 4. The molecule has 0 saturated carbocycles. The van der Waals surface area contributed by atoms with Crippen molar-refractivity contribution >= 4 is 15.9 Å². The van der Waals surface area contributed by atoms with Gasteiger partial charge in [0.05, 0.1) is 6.61 Å². The Morgan fingerprint density at radius 2 is 1.74 bits per heavy atom. The zero-order chi connectivity index (χ0) is 14.5. The fraction of sp³-hybridized carbons (Fsp3) is 0.538. The van der Waals surface area contributed by atoms with Crippen molar-refractivity contribution in [2.45, 2.75) is 20.2 Å². The van der Waals surface area contributed by atoms with Crippen molar-refractivity contribution in [3.63, 3.8) is 0 Å². The molecule has 1 aromatic rings. The van der Waals surface area contributed by atoms with Gasteiger partial charge in [-0.1, -0.05) is 41.9 Å². The SMILES string of the molecule is CC(C)C(CBr)COc1ccccc1OC(F)(F)F. The van der Waals surface area contributed by atoms with Crippen LogP contribution in [-0.2, 0) is 0 Å². The first-order valence-corrected chi connectivity index (χ1v) is 6.99. The molecule has 0 heterocycles. The van der Waals surface area contributed by atoms with Gasteiger partial charge in [-0.3, -0.25) is 0 Å². The van der Waals surface area contributed by atoms with Crippen LogP contribution in [0.15, 0.2) is 24.3 Å². The molecule has 0 aliphatic heterocycles. The number of benzene rings is 1. The van der Waals surface area contributed by atoms with Crippen molar-refractivity contribution in [2.75, 3.05) is 11.9 Å². The largest absolute Gasteiger partial charge is 0.573 e. The van der Waals surface area contributed by atoms with Crippen LogP contribution in [0.5, 0.6) is 11.5 Å². The first-order valence-electron chi connectivity index (χ1n) is 5.87. The number of para-hydroxylation sites is 2. The summed E-state index contributed by atoms with van der Waals surface area (Å²) in [6.07, 6.45) is -4.72. The maximum atomic E-state index is 12.2. The summed E-state index contributed by atoms with van der Waals surface area (Å²) in [4.78, 5) is 0. The first kappa shape index (κ1) is 16.1. The van der Waals surface area contributed by atoms with Gasteiger partial charge in [0.15, 0.2) is 11.5 Å². The normalized spacial score (nSPS) is 13.4. The van der Waals surface area contributed by atoms with Gasteiger partial charge >= 0.3 is 6.36 Å². The molecule has 0 aliphatic rings. The number of rotatable bonds is 6. The highest BCUT2D eigenvalue weighted by molar-refractivity contribution is 9.09. The summed E-state index contributed by atoms with van der Waals surface area (Å²) >= 11 is 3.37. The zero-order valence-corrected chi connectivity index (χ0v) is 12.3. The van der Waals surface area contributed by atoms with E-state index in [0.717, 1.165) is 5.33 Å². The number of hydrogen-bond acceptors (Lipinski definition) is 2. The average Bonchev–Trinajstić information content (AvgIpc) is 2.29. The second-order valence-electron chi connectivity index (χ2n) is 4.46. The lowest BCUT2D eigenvalue weighted by Crippen LogP contribution is -2.21. The molecule has 0 saturated heterocycles. The summed E-state index contributed by atoms with van der Waals surface area (Å²) in [5.74, 6) is 0.382. The Morgan fingerprint density at radius 3 is 2.21 bits per heavy atom. The van der Waals surface area contributed by atoms with Gasteiger partial charge in [0.2, 0.25) is 0 Å². The molecule has 0 amide bonds. The summed E-state index contributed by atoms with van der Waals surface area (Å²) in [5.41, 5.74) is 0. The second kappa shape index (κ2) is 7.03. The van der Waals surface area contributed by atoms with E-state index in [-0.39, 0.29) is 17.4 Å². The minimum absolute atomic E-state index is 0.103. The van der Waals surface area contributed by atoms with Gasteiger partial charge in [-0.25, -0.2) is 0 Å².